The summed E-state index contributed by atoms with van der Waals surface area (Å²) in [6.07, 6.45) is 1.30. The zero-order valence-electron chi connectivity index (χ0n) is 6.68. The second kappa shape index (κ2) is 3.18. The maximum absolute atomic E-state index is 10.5. The summed E-state index contributed by atoms with van der Waals surface area (Å²) < 4.78 is 4.58. The molecule has 2 rings (SSSR count). The fourth-order valence-electron chi connectivity index (χ4n) is 0.983. The monoisotopic (exact) mass is 174 g/mol. The quantitative estimate of drug-likeness (QED) is 0.649. The molecule has 0 unspecified atom stereocenters. The van der Waals surface area contributed by atoms with Crippen molar-refractivity contribution in [2.75, 3.05) is 0 Å². The Bertz CT molecular complexity index is 430. The summed E-state index contributed by atoms with van der Waals surface area (Å²) in [6.45, 7) is 0. The molecule has 1 aromatic heterocycles. The van der Waals surface area contributed by atoms with Crippen LogP contribution in [0.15, 0.2) is 45.8 Å². The summed E-state index contributed by atoms with van der Waals surface area (Å²) in [6, 6.07) is 9.38. The molecule has 0 atom stereocenters. The maximum atomic E-state index is 10.5. The van der Waals surface area contributed by atoms with Crippen LogP contribution in [0.5, 0.6) is 0 Å². The molecule has 13 heavy (non-hydrogen) atoms. The Kier molecular flexibility index (Phi) is 1.88. The highest BCUT2D eigenvalue weighted by molar-refractivity contribution is 5.56. The van der Waals surface area contributed by atoms with Gasteiger partial charge < -0.3 is 4.42 Å². The summed E-state index contributed by atoms with van der Waals surface area (Å²) in [7, 11) is 0. The van der Waals surface area contributed by atoms with Crippen molar-refractivity contribution >= 4 is 0 Å². The molecular formula is C9H6N2O2. The van der Waals surface area contributed by atoms with Crippen molar-refractivity contribution < 1.29 is 4.42 Å². The molecule has 1 heterocycles. The number of rotatable bonds is 1. The van der Waals surface area contributed by atoms with Crippen molar-refractivity contribution in [3.63, 3.8) is 0 Å². The number of benzene rings is 1. The molecule has 64 valence electrons. The van der Waals surface area contributed by atoms with E-state index in [-0.39, 0.29) is 0 Å². The van der Waals surface area contributed by atoms with E-state index in [9.17, 15) is 4.79 Å². The Morgan fingerprint density at radius 2 is 1.85 bits per heavy atom. The van der Waals surface area contributed by atoms with Crippen LogP contribution in [0, 0.1) is 0 Å². The van der Waals surface area contributed by atoms with Crippen LogP contribution < -0.4 is 5.76 Å². The van der Waals surface area contributed by atoms with Gasteiger partial charge in [0.2, 0.25) is 0 Å². The van der Waals surface area contributed by atoms with E-state index in [1.54, 1.807) is 0 Å². The van der Waals surface area contributed by atoms with Gasteiger partial charge in [0.15, 0.2) is 0 Å². The van der Waals surface area contributed by atoms with Crippen LogP contribution in [0.25, 0.3) is 11.3 Å². The zero-order chi connectivity index (χ0) is 9.10. The van der Waals surface area contributed by atoms with Gasteiger partial charge in [0, 0.05) is 5.56 Å². The fraction of sp³-hybridized carbons (Fsp3) is 0. The summed E-state index contributed by atoms with van der Waals surface area (Å²) in [5, 5.41) is 6.98. The molecule has 0 bridgehead atoms. The Balaban J connectivity index is 2.48. The summed E-state index contributed by atoms with van der Waals surface area (Å²) >= 11 is 0. The zero-order valence-corrected chi connectivity index (χ0v) is 6.68. The van der Waals surface area contributed by atoms with Crippen LogP contribution in [-0.4, -0.2) is 10.2 Å². The molecule has 1 aromatic carbocycles. The van der Waals surface area contributed by atoms with Gasteiger partial charge in [-0.1, -0.05) is 35.4 Å². The van der Waals surface area contributed by atoms with Crippen LogP contribution in [0.1, 0.15) is 0 Å². The topological polar surface area (TPSA) is 56.0 Å². The van der Waals surface area contributed by atoms with Crippen molar-refractivity contribution in [3.8, 4) is 11.3 Å². The molecule has 4 heteroatoms. The minimum atomic E-state index is -0.681. The minimum absolute atomic E-state index is 0.556. The molecule has 4 nitrogen and oxygen atoms in total. The Hall–Kier alpha value is -1.97. The summed E-state index contributed by atoms with van der Waals surface area (Å²) in [5.74, 6) is -0.681. The van der Waals surface area contributed by atoms with Crippen molar-refractivity contribution in [1.29, 1.82) is 0 Å². The summed E-state index contributed by atoms with van der Waals surface area (Å²) in [4.78, 5) is 10.5. The van der Waals surface area contributed by atoms with Gasteiger partial charge in [0.05, 0.1) is 0 Å². The SMILES string of the molecule is O=c1nnc(-c2ccccc2)co1. The van der Waals surface area contributed by atoms with Crippen LogP contribution in [0.2, 0.25) is 0 Å². The third kappa shape index (κ3) is 1.61. The largest absolute Gasteiger partial charge is 0.457 e. The predicted octanol–water partition coefficient (Wildman–Crippen LogP) is 1.10. The molecule has 0 aliphatic rings. The highest BCUT2D eigenvalue weighted by Gasteiger charge is 1.98. The summed E-state index contributed by atoms with van der Waals surface area (Å²) in [5.41, 5.74) is 1.43. The first-order chi connectivity index (χ1) is 6.36. The first-order valence-corrected chi connectivity index (χ1v) is 3.74. The highest BCUT2D eigenvalue weighted by Crippen LogP contribution is 2.12. The van der Waals surface area contributed by atoms with E-state index >= 15 is 0 Å². The van der Waals surface area contributed by atoms with Gasteiger partial charge >= 0.3 is 5.76 Å². The lowest BCUT2D eigenvalue weighted by molar-refractivity contribution is 0.468. The van der Waals surface area contributed by atoms with Crippen molar-refractivity contribution in [2.24, 2.45) is 0 Å². The Morgan fingerprint density at radius 3 is 2.46 bits per heavy atom. The van der Waals surface area contributed by atoms with Gasteiger partial charge in [0.1, 0.15) is 12.0 Å². The molecule has 0 spiro atoms. The number of hydrogen-bond acceptors (Lipinski definition) is 4. The molecular weight excluding hydrogens is 168 g/mol. The van der Waals surface area contributed by atoms with E-state index in [4.69, 9.17) is 0 Å². The van der Waals surface area contributed by atoms with E-state index in [0.29, 0.717) is 5.69 Å². The first kappa shape index (κ1) is 7.67. The van der Waals surface area contributed by atoms with E-state index in [2.05, 4.69) is 14.6 Å². The second-order valence-corrected chi connectivity index (χ2v) is 2.45. The van der Waals surface area contributed by atoms with Crippen molar-refractivity contribution in [3.05, 3.63) is 47.1 Å². The molecule has 0 saturated heterocycles. The fourth-order valence-corrected chi connectivity index (χ4v) is 0.983. The average molecular weight is 174 g/mol. The lowest BCUT2D eigenvalue weighted by Gasteiger charge is -1.95. The van der Waals surface area contributed by atoms with E-state index in [1.165, 1.54) is 6.26 Å². The van der Waals surface area contributed by atoms with Gasteiger partial charge in [-0.3, -0.25) is 0 Å². The molecule has 0 amide bonds. The highest BCUT2D eigenvalue weighted by atomic mass is 16.4. The molecule has 0 fully saturated rings. The van der Waals surface area contributed by atoms with Crippen LogP contribution >= 0.6 is 0 Å². The third-order valence-electron chi connectivity index (χ3n) is 1.58. The third-order valence-corrected chi connectivity index (χ3v) is 1.58. The molecule has 0 aliphatic carbocycles. The smallest absolute Gasteiger partial charge is 0.413 e. The number of nitrogens with zero attached hydrogens (tertiary/aromatic N) is 2. The number of hydrogen-bond donors (Lipinski definition) is 0. The predicted molar refractivity (Wildman–Crippen MR) is 46.0 cm³/mol. The normalized spacial score (nSPS) is 9.85. The Labute approximate surface area is 73.9 Å². The van der Waals surface area contributed by atoms with Crippen LogP contribution in [0.3, 0.4) is 0 Å². The number of aromatic nitrogens is 2. The van der Waals surface area contributed by atoms with Gasteiger partial charge in [-0.15, -0.1) is 5.10 Å². The van der Waals surface area contributed by atoms with Crippen molar-refractivity contribution in [2.45, 2.75) is 0 Å². The maximum Gasteiger partial charge on any atom is 0.457 e. The van der Waals surface area contributed by atoms with Crippen LogP contribution in [0.4, 0.5) is 0 Å². The van der Waals surface area contributed by atoms with E-state index < -0.39 is 5.76 Å². The van der Waals surface area contributed by atoms with E-state index in [1.807, 2.05) is 30.3 Å². The molecule has 0 radical (unpaired) electrons. The molecule has 0 saturated carbocycles. The standard InChI is InChI=1S/C9H6N2O2/c12-9-11-10-8(6-13-9)7-4-2-1-3-5-7/h1-6H. The average Bonchev–Trinajstić information content (AvgIpc) is 2.20. The molecule has 0 N–H and O–H groups in total. The Morgan fingerprint density at radius 1 is 1.08 bits per heavy atom. The lowest BCUT2D eigenvalue weighted by Crippen LogP contribution is -2.05. The van der Waals surface area contributed by atoms with Gasteiger partial charge in [-0.05, 0) is 0 Å². The molecule has 0 aliphatic heterocycles. The molecule has 2 aromatic rings. The minimum Gasteiger partial charge on any atom is -0.413 e. The second-order valence-electron chi connectivity index (χ2n) is 2.45. The van der Waals surface area contributed by atoms with Gasteiger partial charge in [0.25, 0.3) is 0 Å². The lowest BCUT2D eigenvalue weighted by atomic mass is 10.2. The van der Waals surface area contributed by atoms with E-state index in [0.717, 1.165) is 5.56 Å². The first-order valence-electron chi connectivity index (χ1n) is 3.74. The van der Waals surface area contributed by atoms with Gasteiger partial charge in [-0.25, -0.2) is 4.79 Å². The van der Waals surface area contributed by atoms with Crippen molar-refractivity contribution in [1.82, 2.24) is 10.2 Å². The van der Waals surface area contributed by atoms with Crippen LogP contribution in [-0.2, 0) is 0 Å². The van der Waals surface area contributed by atoms with Gasteiger partial charge in [-0.2, -0.15) is 0 Å².